The third-order valence-electron chi connectivity index (χ3n) is 0.907. The van der Waals surface area contributed by atoms with Crippen molar-refractivity contribution in [2.45, 2.75) is 13.0 Å². The van der Waals surface area contributed by atoms with Gasteiger partial charge < -0.3 is 10.3 Å². The maximum absolute atomic E-state index is 5.42. The molecule has 0 saturated heterocycles. The van der Waals surface area contributed by atoms with Gasteiger partial charge in [-0.25, -0.2) is 0 Å². The second-order valence-corrected chi connectivity index (χ2v) is 1.70. The summed E-state index contributed by atoms with van der Waals surface area (Å²) >= 11 is 0. The average Bonchev–Trinajstić information content (AvgIpc) is 2.12. The number of rotatable bonds is 1. The molecule has 0 saturated carbocycles. The molecule has 1 aromatic rings. The van der Waals surface area contributed by atoms with E-state index in [0.717, 1.165) is 5.76 Å². The maximum Gasteiger partial charge on any atom is 0.153 e. The van der Waals surface area contributed by atoms with E-state index in [4.69, 9.17) is 10.3 Å². The van der Waals surface area contributed by atoms with Gasteiger partial charge >= 0.3 is 0 Å². The van der Waals surface area contributed by atoms with Gasteiger partial charge in [-0.3, -0.25) is 0 Å². The van der Waals surface area contributed by atoms with Gasteiger partial charge in [0.15, 0.2) is 5.76 Å². The minimum atomic E-state index is -0.0440. The summed E-state index contributed by atoms with van der Waals surface area (Å²) < 4.78 is 4.72. The van der Waals surface area contributed by atoms with E-state index >= 15 is 0 Å². The molecule has 0 radical (unpaired) electrons. The van der Waals surface area contributed by atoms with Gasteiger partial charge in [0.05, 0.1) is 12.2 Å². The highest BCUT2D eigenvalue weighted by molar-refractivity contribution is 5.85. The fourth-order valence-electron chi connectivity index (χ4n) is 0.461. The van der Waals surface area contributed by atoms with Crippen LogP contribution in [-0.2, 0) is 0 Å². The van der Waals surface area contributed by atoms with Crippen LogP contribution < -0.4 is 5.73 Å². The molecule has 1 atom stereocenters. The Bertz CT molecular complexity index is 150. The molecule has 0 aromatic carbocycles. The first-order valence-corrected chi connectivity index (χ1v) is 2.47. The van der Waals surface area contributed by atoms with Crippen LogP contribution in [0.1, 0.15) is 18.7 Å². The summed E-state index contributed by atoms with van der Waals surface area (Å²) in [5, 5.41) is 3.49. The standard InChI is InChI=1S/C5H8N2O.ClH/c1-4(6)5-2-3-7-8-5;/h2-4H,6H2,1H3;1H. The van der Waals surface area contributed by atoms with E-state index in [2.05, 4.69) is 5.16 Å². The largest absolute Gasteiger partial charge is 0.360 e. The van der Waals surface area contributed by atoms with Crippen LogP contribution in [0.5, 0.6) is 0 Å². The molecular weight excluding hydrogens is 140 g/mol. The third-order valence-corrected chi connectivity index (χ3v) is 0.907. The Hall–Kier alpha value is -0.540. The number of hydrogen-bond donors (Lipinski definition) is 1. The normalized spacial score (nSPS) is 12.2. The lowest BCUT2D eigenvalue weighted by atomic mass is 10.3. The first kappa shape index (κ1) is 8.46. The molecule has 0 aliphatic heterocycles. The van der Waals surface area contributed by atoms with Crippen LogP contribution in [0.15, 0.2) is 16.8 Å². The zero-order valence-electron chi connectivity index (χ0n) is 5.07. The maximum atomic E-state index is 5.42. The summed E-state index contributed by atoms with van der Waals surface area (Å²) in [6.07, 6.45) is 1.58. The highest BCUT2D eigenvalue weighted by atomic mass is 35.5. The van der Waals surface area contributed by atoms with Gasteiger partial charge in [0.2, 0.25) is 0 Å². The molecule has 1 unspecified atom stereocenters. The molecule has 2 N–H and O–H groups in total. The predicted octanol–water partition coefficient (Wildman–Crippen LogP) is 1.12. The molecule has 4 heteroatoms. The number of halogens is 1. The molecule has 0 aliphatic rings. The Labute approximate surface area is 59.6 Å². The molecule has 0 bridgehead atoms. The Morgan fingerprint density at radius 2 is 2.44 bits per heavy atom. The monoisotopic (exact) mass is 148 g/mol. The van der Waals surface area contributed by atoms with E-state index in [9.17, 15) is 0 Å². The summed E-state index contributed by atoms with van der Waals surface area (Å²) in [4.78, 5) is 0. The summed E-state index contributed by atoms with van der Waals surface area (Å²) in [6.45, 7) is 1.85. The smallest absolute Gasteiger partial charge is 0.153 e. The van der Waals surface area contributed by atoms with Crippen LogP contribution >= 0.6 is 12.4 Å². The van der Waals surface area contributed by atoms with Gasteiger partial charge in [0, 0.05) is 6.07 Å². The highest BCUT2D eigenvalue weighted by Crippen LogP contribution is 2.05. The van der Waals surface area contributed by atoms with E-state index in [1.807, 2.05) is 6.92 Å². The van der Waals surface area contributed by atoms with Crippen LogP contribution in [0, 0.1) is 0 Å². The summed E-state index contributed by atoms with van der Waals surface area (Å²) in [5.74, 6) is 0.727. The molecule has 0 aliphatic carbocycles. The van der Waals surface area contributed by atoms with Gasteiger partial charge in [-0.15, -0.1) is 12.4 Å². The van der Waals surface area contributed by atoms with Gasteiger partial charge in [-0.2, -0.15) is 0 Å². The Morgan fingerprint density at radius 3 is 2.67 bits per heavy atom. The summed E-state index contributed by atoms with van der Waals surface area (Å²) in [5.41, 5.74) is 5.42. The first-order chi connectivity index (χ1) is 3.80. The van der Waals surface area contributed by atoms with Crippen molar-refractivity contribution >= 4 is 12.4 Å². The average molecular weight is 149 g/mol. The Morgan fingerprint density at radius 1 is 1.78 bits per heavy atom. The van der Waals surface area contributed by atoms with Crippen molar-refractivity contribution in [3.8, 4) is 0 Å². The lowest BCUT2D eigenvalue weighted by molar-refractivity contribution is 0.367. The Kier molecular flexibility index (Phi) is 3.27. The second kappa shape index (κ2) is 3.48. The van der Waals surface area contributed by atoms with Crippen LogP contribution in [0.2, 0.25) is 0 Å². The van der Waals surface area contributed by atoms with E-state index in [0.29, 0.717) is 0 Å². The van der Waals surface area contributed by atoms with Gasteiger partial charge in [0.25, 0.3) is 0 Å². The van der Waals surface area contributed by atoms with Crippen molar-refractivity contribution in [1.29, 1.82) is 0 Å². The predicted molar refractivity (Wildman–Crippen MR) is 36.4 cm³/mol. The van der Waals surface area contributed by atoms with Gasteiger partial charge in [-0.1, -0.05) is 5.16 Å². The molecule has 52 valence electrons. The lowest BCUT2D eigenvalue weighted by Gasteiger charge is -1.93. The van der Waals surface area contributed by atoms with Crippen molar-refractivity contribution in [3.05, 3.63) is 18.0 Å². The minimum Gasteiger partial charge on any atom is -0.360 e. The molecule has 0 spiro atoms. The Balaban J connectivity index is 0.000000640. The SMILES string of the molecule is CC(N)c1ccno1.Cl. The summed E-state index contributed by atoms with van der Waals surface area (Å²) in [6, 6.07) is 1.71. The third kappa shape index (κ3) is 2.03. The van der Waals surface area contributed by atoms with E-state index < -0.39 is 0 Å². The molecule has 9 heavy (non-hydrogen) atoms. The van der Waals surface area contributed by atoms with E-state index in [-0.39, 0.29) is 18.4 Å². The quantitative estimate of drug-likeness (QED) is 0.649. The molecule has 1 aromatic heterocycles. The topological polar surface area (TPSA) is 52.0 Å². The van der Waals surface area contributed by atoms with E-state index in [1.165, 1.54) is 0 Å². The molecule has 0 fully saturated rings. The number of nitrogens with zero attached hydrogens (tertiary/aromatic N) is 1. The highest BCUT2D eigenvalue weighted by Gasteiger charge is 1.99. The number of hydrogen-bond acceptors (Lipinski definition) is 3. The van der Waals surface area contributed by atoms with Crippen molar-refractivity contribution in [3.63, 3.8) is 0 Å². The number of aromatic nitrogens is 1. The van der Waals surface area contributed by atoms with Crippen molar-refractivity contribution in [2.75, 3.05) is 0 Å². The molecule has 0 amide bonds. The molecule has 1 rings (SSSR count). The minimum absolute atomic E-state index is 0. The second-order valence-electron chi connectivity index (χ2n) is 1.70. The van der Waals surface area contributed by atoms with Gasteiger partial charge in [0.1, 0.15) is 0 Å². The summed E-state index contributed by atoms with van der Waals surface area (Å²) in [7, 11) is 0. The zero-order valence-corrected chi connectivity index (χ0v) is 5.89. The zero-order chi connectivity index (χ0) is 5.98. The fraction of sp³-hybridized carbons (Fsp3) is 0.400. The molecule has 1 heterocycles. The first-order valence-electron chi connectivity index (χ1n) is 2.47. The molecule has 3 nitrogen and oxygen atoms in total. The van der Waals surface area contributed by atoms with Crippen molar-refractivity contribution < 1.29 is 4.52 Å². The van der Waals surface area contributed by atoms with Crippen LogP contribution in [-0.4, -0.2) is 5.16 Å². The van der Waals surface area contributed by atoms with Crippen molar-refractivity contribution in [1.82, 2.24) is 5.16 Å². The van der Waals surface area contributed by atoms with E-state index in [1.54, 1.807) is 12.3 Å². The lowest BCUT2D eigenvalue weighted by Crippen LogP contribution is -2.02. The van der Waals surface area contributed by atoms with Crippen molar-refractivity contribution in [2.24, 2.45) is 5.73 Å². The fourth-order valence-corrected chi connectivity index (χ4v) is 0.461. The van der Waals surface area contributed by atoms with Gasteiger partial charge in [-0.05, 0) is 6.92 Å². The van der Waals surface area contributed by atoms with Crippen LogP contribution in [0.4, 0.5) is 0 Å². The van der Waals surface area contributed by atoms with Crippen LogP contribution in [0.25, 0.3) is 0 Å². The van der Waals surface area contributed by atoms with Crippen LogP contribution in [0.3, 0.4) is 0 Å². The number of nitrogens with two attached hydrogens (primary N) is 1. The molecular formula is C5H9ClN2O.